The Morgan fingerprint density at radius 2 is 1.71 bits per heavy atom. The topological polar surface area (TPSA) is 125 Å². The SMILES string of the molecule is CC(=O)C(=O)[O-].NNC(=O)c1ccncc1.[Ca+2]. The van der Waals surface area contributed by atoms with Crippen LogP contribution < -0.4 is 16.4 Å². The van der Waals surface area contributed by atoms with Gasteiger partial charge in [-0.1, -0.05) is 0 Å². The largest absolute Gasteiger partial charge is 2.00 e. The Hall–Kier alpha value is -1.02. The van der Waals surface area contributed by atoms with Gasteiger partial charge in [0.2, 0.25) is 0 Å². The normalized spacial score (nSPS) is 7.88. The first-order chi connectivity index (χ1) is 7.49. The molecular formula is C9H10CaN3O4+. The van der Waals surface area contributed by atoms with Gasteiger partial charge in [-0.3, -0.25) is 20.0 Å². The van der Waals surface area contributed by atoms with Crippen LogP contribution in [0.1, 0.15) is 17.3 Å². The Morgan fingerprint density at radius 3 is 2.00 bits per heavy atom. The summed E-state index contributed by atoms with van der Waals surface area (Å²) in [4.78, 5) is 33.2. The predicted molar refractivity (Wildman–Crippen MR) is 57.3 cm³/mol. The van der Waals surface area contributed by atoms with Crippen LogP contribution in [0.25, 0.3) is 0 Å². The minimum absolute atomic E-state index is 0. The molecule has 1 aromatic rings. The number of nitrogens with two attached hydrogens (primary N) is 1. The van der Waals surface area contributed by atoms with Gasteiger partial charge in [-0.2, -0.15) is 0 Å². The molecule has 0 bridgehead atoms. The Labute approximate surface area is 127 Å². The zero-order valence-corrected chi connectivity index (χ0v) is 11.4. The summed E-state index contributed by atoms with van der Waals surface area (Å²) < 4.78 is 0. The van der Waals surface area contributed by atoms with E-state index in [0.29, 0.717) is 5.56 Å². The molecule has 0 unspecified atom stereocenters. The number of nitrogens with one attached hydrogen (secondary N) is 1. The third-order valence-corrected chi connectivity index (χ3v) is 1.36. The third-order valence-electron chi connectivity index (χ3n) is 1.36. The van der Waals surface area contributed by atoms with Gasteiger partial charge in [-0.25, -0.2) is 5.84 Å². The number of carbonyl (C=O) groups excluding carboxylic acids is 3. The molecule has 0 atom stereocenters. The molecular weight excluding hydrogens is 254 g/mol. The number of hydrogen-bond acceptors (Lipinski definition) is 6. The minimum Gasteiger partial charge on any atom is -0.542 e. The van der Waals surface area contributed by atoms with E-state index < -0.39 is 11.8 Å². The summed E-state index contributed by atoms with van der Waals surface area (Å²) in [6.07, 6.45) is 3.06. The van der Waals surface area contributed by atoms with Gasteiger partial charge in [0.05, 0.1) is 0 Å². The van der Waals surface area contributed by atoms with Crippen molar-refractivity contribution in [2.75, 3.05) is 0 Å². The molecule has 0 saturated carbocycles. The van der Waals surface area contributed by atoms with E-state index >= 15 is 0 Å². The number of hydrazine groups is 1. The van der Waals surface area contributed by atoms with E-state index in [1.54, 1.807) is 12.1 Å². The molecule has 1 rings (SSSR count). The molecule has 0 aliphatic heterocycles. The van der Waals surface area contributed by atoms with E-state index in [4.69, 9.17) is 5.84 Å². The van der Waals surface area contributed by atoms with Crippen molar-refractivity contribution >= 4 is 55.4 Å². The standard InChI is InChI=1S/C6H7N3O.C3H4O3.Ca/c7-9-6(10)5-1-3-8-4-2-5;1-2(4)3(5)6;/h1-4H,7H2,(H,9,10);1H3,(H,5,6);/q;;+2/p-1. The molecule has 0 spiro atoms. The van der Waals surface area contributed by atoms with Crippen molar-refractivity contribution in [3.63, 3.8) is 0 Å². The van der Waals surface area contributed by atoms with E-state index in [1.165, 1.54) is 12.4 Å². The van der Waals surface area contributed by atoms with Crippen LogP contribution in [0.4, 0.5) is 0 Å². The van der Waals surface area contributed by atoms with Gasteiger partial charge in [0.15, 0.2) is 5.78 Å². The first-order valence-electron chi connectivity index (χ1n) is 4.12. The zero-order valence-electron chi connectivity index (χ0n) is 9.17. The second-order valence-corrected chi connectivity index (χ2v) is 2.55. The third kappa shape index (κ3) is 8.75. The molecule has 0 aromatic carbocycles. The fourth-order valence-corrected chi connectivity index (χ4v) is 0.587. The number of Topliss-reactive ketones (excluding diaryl/α,β-unsaturated/α-hetero) is 1. The molecule has 17 heavy (non-hydrogen) atoms. The van der Waals surface area contributed by atoms with E-state index in [1.807, 2.05) is 5.43 Å². The number of carbonyl (C=O) groups is 3. The number of amides is 1. The summed E-state index contributed by atoms with van der Waals surface area (Å²) in [5.74, 6) is 2.02. The number of carboxylic acids is 1. The summed E-state index contributed by atoms with van der Waals surface area (Å²) >= 11 is 0. The monoisotopic (exact) mass is 264 g/mol. The Balaban J connectivity index is 0. The van der Waals surface area contributed by atoms with Crippen molar-refractivity contribution in [2.45, 2.75) is 6.92 Å². The number of pyridine rings is 1. The average molecular weight is 264 g/mol. The van der Waals surface area contributed by atoms with Crippen LogP contribution in [0, 0.1) is 0 Å². The van der Waals surface area contributed by atoms with Gasteiger partial charge < -0.3 is 9.90 Å². The maximum Gasteiger partial charge on any atom is 2.00 e. The van der Waals surface area contributed by atoms with Crippen molar-refractivity contribution in [3.8, 4) is 0 Å². The molecule has 8 heteroatoms. The summed E-state index contributed by atoms with van der Waals surface area (Å²) in [5.41, 5.74) is 2.53. The zero-order chi connectivity index (χ0) is 12.6. The fourth-order valence-electron chi connectivity index (χ4n) is 0.587. The van der Waals surface area contributed by atoms with Crippen molar-refractivity contribution < 1.29 is 19.5 Å². The van der Waals surface area contributed by atoms with E-state index in [9.17, 15) is 19.5 Å². The Kier molecular flexibility index (Phi) is 11.0. The van der Waals surface area contributed by atoms with Crippen LogP contribution in [-0.4, -0.2) is 60.4 Å². The van der Waals surface area contributed by atoms with Gasteiger partial charge in [0.1, 0.15) is 5.97 Å². The van der Waals surface area contributed by atoms with Gasteiger partial charge in [-0.05, 0) is 12.1 Å². The van der Waals surface area contributed by atoms with E-state index in [2.05, 4.69) is 4.98 Å². The number of nitrogens with zero attached hydrogens (tertiary/aromatic N) is 1. The molecule has 0 radical (unpaired) electrons. The van der Waals surface area contributed by atoms with E-state index in [0.717, 1.165) is 6.92 Å². The number of carboxylic acid groups (broad SMARTS) is 1. The Morgan fingerprint density at radius 1 is 1.29 bits per heavy atom. The number of aliphatic carboxylic acids is 1. The van der Waals surface area contributed by atoms with Gasteiger partial charge >= 0.3 is 37.7 Å². The molecule has 1 aromatic heterocycles. The number of ketones is 1. The number of rotatable bonds is 2. The maximum atomic E-state index is 10.7. The van der Waals surface area contributed by atoms with Crippen LogP contribution in [0.3, 0.4) is 0 Å². The molecule has 0 fully saturated rings. The predicted octanol–water partition coefficient (Wildman–Crippen LogP) is -2.37. The smallest absolute Gasteiger partial charge is 0.542 e. The molecule has 86 valence electrons. The van der Waals surface area contributed by atoms with Crippen LogP contribution in [-0.2, 0) is 9.59 Å². The summed E-state index contributed by atoms with van der Waals surface area (Å²) in [6, 6.07) is 3.17. The first kappa shape index (κ1) is 18.3. The second kappa shape index (κ2) is 10.2. The van der Waals surface area contributed by atoms with Crippen molar-refractivity contribution in [1.82, 2.24) is 10.4 Å². The quantitative estimate of drug-likeness (QED) is 0.202. The van der Waals surface area contributed by atoms with Crippen molar-refractivity contribution in [3.05, 3.63) is 30.1 Å². The molecule has 3 N–H and O–H groups in total. The molecule has 0 saturated heterocycles. The van der Waals surface area contributed by atoms with Gasteiger partial charge in [-0.15, -0.1) is 0 Å². The number of hydrogen-bond donors (Lipinski definition) is 2. The first-order valence-corrected chi connectivity index (χ1v) is 4.12. The summed E-state index contributed by atoms with van der Waals surface area (Å²) in [7, 11) is 0. The van der Waals surface area contributed by atoms with Gasteiger partial charge in [0, 0.05) is 24.9 Å². The number of nitrogen functional groups attached to an aromatic ring is 1. The minimum atomic E-state index is -1.63. The van der Waals surface area contributed by atoms with Gasteiger partial charge in [0.25, 0.3) is 5.91 Å². The van der Waals surface area contributed by atoms with Crippen molar-refractivity contribution in [1.29, 1.82) is 0 Å². The van der Waals surface area contributed by atoms with Crippen LogP contribution >= 0.6 is 0 Å². The molecule has 1 heterocycles. The van der Waals surface area contributed by atoms with Crippen LogP contribution in [0.15, 0.2) is 24.5 Å². The maximum absolute atomic E-state index is 10.7. The van der Waals surface area contributed by atoms with Crippen LogP contribution in [0.5, 0.6) is 0 Å². The second-order valence-electron chi connectivity index (χ2n) is 2.55. The van der Waals surface area contributed by atoms with Crippen LogP contribution in [0.2, 0.25) is 0 Å². The van der Waals surface area contributed by atoms with Crippen molar-refractivity contribution in [2.24, 2.45) is 5.84 Å². The molecule has 0 aliphatic rings. The average Bonchev–Trinajstić information content (AvgIpc) is 2.30. The number of aromatic nitrogens is 1. The Bertz CT molecular complexity index is 371. The summed E-state index contributed by atoms with van der Waals surface area (Å²) in [5, 5.41) is 9.24. The fraction of sp³-hybridized carbons (Fsp3) is 0.111. The summed E-state index contributed by atoms with van der Waals surface area (Å²) in [6.45, 7) is 0.940. The molecule has 0 aliphatic carbocycles. The van der Waals surface area contributed by atoms with E-state index in [-0.39, 0.29) is 43.6 Å². The molecule has 1 amide bonds. The molecule has 7 nitrogen and oxygen atoms in total.